The molecule has 38 heavy (non-hydrogen) atoms. The molecule has 0 heterocycles. The lowest BCUT2D eigenvalue weighted by molar-refractivity contribution is 0.0994. The summed E-state index contributed by atoms with van der Waals surface area (Å²) in [6.07, 6.45) is 20.9. The molecule has 2 aromatic rings. The Morgan fingerprint density at radius 1 is 0.763 bits per heavy atom. The standard InChI is InChI=1S/C19H16O.C6H8.C5H12.C5H10.C2H4/c1-2-3-12-4-5-13-11-14-6-7-15-16(8-9-18(15)20)19(14)17(13)10-12;1-3-5-6-4-2;2*1-3-5-4-2;1-2/h2,4-7,10H,1,3,8-9,11H2;3-6H,1-2H2;3-5H2,1-2H3;3H,1,4-5H2,2H3;1-2H2/b;6-5-;;;. The summed E-state index contributed by atoms with van der Waals surface area (Å²) in [4.78, 5) is 11.9. The van der Waals surface area contributed by atoms with E-state index in [1.165, 1.54) is 59.1 Å². The normalized spacial score (nSPS) is 11.4. The average Bonchev–Trinajstić information content (AvgIpc) is 3.50. The van der Waals surface area contributed by atoms with E-state index in [2.05, 4.69) is 84.5 Å². The Kier molecular flexibility index (Phi) is 19.7. The van der Waals surface area contributed by atoms with Crippen LogP contribution in [-0.2, 0) is 19.3 Å². The Labute approximate surface area is 234 Å². The Bertz CT molecular complexity index is 1040. The van der Waals surface area contributed by atoms with Crippen LogP contribution in [0, 0.1) is 0 Å². The fourth-order valence-corrected chi connectivity index (χ4v) is 4.30. The van der Waals surface area contributed by atoms with Gasteiger partial charge in [-0.25, -0.2) is 0 Å². The van der Waals surface area contributed by atoms with Crippen LogP contribution >= 0.6 is 0 Å². The van der Waals surface area contributed by atoms with E-state index in [4.69, 9.17) is 0 Å². The van der Waals surface area contributed by atoms with Gasteiger partial charge in [0.2, 0.25) is 0 Å². The molecule has 0 saturated carbocycles. The van der Waals surface area contributed by atoms with E-state index in [1.54, 1.807) is 12.2 Å². The highest BCUT2D eigenvalue weighted by atomic mass is 16.1. The molecule has 0 aromatic heterocycles. The highest BCUT2D eigenvalue weighted by molar-refractivity contribution is 6.03. The lowest BCUT2D eigenvalue weighted by atomic mass is 9.95. The van der Waals surface area contributed by atoms with Crippen molar-refractivity contribution in [2.24, 2.45) is 0 Å². The molecule has 0 bridgehead atoms. The SMILES string of the molecule is C=C.C=C/C=C\C=C.C=CCCC.C=CCc1ccc2c(c1)-c1c(ccc3c1CCC3=O)C2.CCCCC. The second kappa shape index (κ2) is 21.6. The number of rotatable bonds is 8. The van der Waals surface area contributed by atoms with Gasteiger partial charge >= 0.3 is 0 Å². The van der Waals surface area contributed by atoms with Crippen LogP contribution in [0.3, 0.4) is 0 Å². The molecule has 0 aliphatic heterocycles. The smallest absolute Gasteiger partial charge is 0.163 e. The molecule has 1 heteroatoms. The van der Waals surface area contributed by atoms with Gasteiger partial charge in [0, 0.05) is 12.0 Å². The Morgan fingerprint density at radius 3 is 1.87 bits per heavy atom. The van der Waals surface area contributed by atoms with Crippen molar-refractivity contribution in [3.63, 3.8) is 0 Å². The topological polar surface area (TPSA) is 17.1 Å². The first-order valence-electron chi connectivity index (χ1n) is 13.9. The molecular formula is C37H50O. The molecule has 0 atom stereocenters. The quantitative estimate of drug-likeness (QED) is 0.217. The third-order valence-corrected chi connectivity index (χ3v) is 6.09. The van der Waals surface area contributed by atoms with Crippen molar-refractivity contribution in [2.45, 2.75) is 78.6 Å². The van der Waals surface area contributed by atoms with Crippen LogP contribution in [0.25, 0.3) is 11.1 Å². The minimum atomic E-state index is 0.304. The number of hydrogen-bond acceptors (Lipinski definition) is 1. The van der Waals surface area contributed by atoms with Crippen LogP contribution in [-0.4, -0.2) is 5.78 Å². The number of fused-ring (bicyclic) bond motifs is 5. The van der Waals surface area contributed by atoms with Gasteiger partial charge in [-0.2, -0.15) is 0 Å². The molecule has 1 nitrogen and oxygen atoms in total. The molecular weight excluding hydrogens is 460 g/mol. The molecule has 0 spiro atoms. The maximum absolute atomic E-state index is 11.9. The van der Waals surface area contributed by atoms with Crippen LogP contribution in [0.5, 0.6) is 0 Å². The van der Waals surface area contributed by atoms with Gasteiger partial charge in [-0.05, 0) is 59.1 Å². The number of carbonyl (C=O) groups excluding carboxylic acids is 1. The Balaban J connectivity index is 0.000000631. The maximum Gasteiger partial charge on any atom is 0.163 e. The summed E-state index contributed by atoms with van der Waals surface area (Å²) in [5.41, 5.74) is 8.98. The molecule has 2 aromatic carbocycles. The molecule has 204 valence electrons. The van der Waals surface area contributed by atoms with Gasteiger partial charge in [-0.15, -0.1) is 26.3 Å². The second-order valence-electron chi connectivity index (χ2n) is 9.00. The first-order valence-corrected chi connectivity index (χ1v) is 13.9. The van der Waals surface area contributed by atoms with Crippen molar-refractivity contribution in [3.8, 4) is 11.1 Å². The predicted octanol–water partition coefficient (Wildman–Crippen LogP) is 11.0. The number of carbonyl (C=O) groups is 1. The van der Waals surface area contributed by atoms with Crippen LogP contribution in [0.2, 0.25) is 0 Å². The van der Waals surface area contributed by atoms with Gasteiger partial charge in [0.15, 0.2) is 5.78 Å². The van der Waals surface area contributed by atoms with Crippen LogP contribution < -0.4 is 0 Å². The molecule has 2 aliphatic rings. The third-order valence-electron chi connectivity index (χ3n) is 6.09. The van der Waals surface area contributed by atoms with Gasteiger partial charge in [0.05, 0.1) is 0 Å². The molecule has 4 rings (SSSR count). The van der Waals surface area contributed by atoms with Gasteiger partial charge in [-0.1, -0.05) is 126 Å². The van der Waals surface area contributed by atoms with Crippen molar-refractivity contribution in [1.82, 2.24) is 0 Å². The lowest BCUT2D eigenvalue weighted by Crippen LogP contribution is -1.93. The van der Waals surface area contributed by atoms with Crippen molar-refractivity contribution >= 4 is 5.78 Å². The number of hydrogen-bond donors (Lipinski definition) is 0. The van der Waals surface area contributed by atoms with Gasteiger partial charge in [-0.3, -0.25) is 4.79 Å². The number of allylic oxidation sites excluding steroid dienone is 6. The molecule has 0 N–H and O–H groups in total. The zero-order valence-corrected chi connectivity index (χ0v) is 24.4. The highest BCUT2D eigenvalue weighted by Gasteiger charge is 2.28. The lowest BCUT2D eigenvalue weighted by Gasteiger charge is -2.09. The summed E-state index contributed by atoms with van der Waals surface area (Å²) < 4.78 is 0. The van der Waals surface area contributed by atoms with Crippen molar-refractivity contribution in [3.05, 3.63) is 134 Å². The number of ketones is 1. The highest BCUT2D eigenvalue weighted by Crippen LogP contribution is 2.43. The van der Waals surface area contributed by atoms with E-state index in [0.29, 0.717) is 12.2 Å². The van der Waals surface area contributed by atoms with E-state index in [0.717, 1.165) is 31.2 Å². The van der Waals surface area contributed by atoms with Crippen molar-refractivity contribution in [1.29, 1.82) is 0 Å². The summed E-state index contributed by atoms with van der Waals surface area (Å²) in [6, 6.07) is 10.9. The monoisotopic (exact) mass is 510 g/mol. The van der Waals surface area contributed by atoms with Crippen LogP contribution in [0.4, 0.5) is 0 Å². The Hall–Kier alpha value is -3.45. The molecule has 2 aliphatic carbocycles. The zero-order valence-electron chi connectivity index (χ0n) is 24.4. The predicted molar refractivity (Wildman–Crippen MR) is 172 cm³/mol. The average molecular weight is 511 g/mol. The first kappa shape index (κ1) is 34.6. The molecule has 0 fully saturated rings. The van der Waals surface area contributed by atoms with Crippen LogP contribution in [0.1, 0.15) is 91.9 Å². The van der Waals surface area contributed by atoms with E-state index >= 15 is 0 Å². The van der Waals surface area contributed by atoms with Gasteiger partial charge in [0.25, 0.3) is 0 Å². The minimum Gasteiger partial charge on any atom is -0.294 e. The summed E-state index contributed by atoms with van der Waals surface area (Å²) in [5.74, 6) is 0.304. The Morgan fingerprint density at radius 2 is 1.39 bits per heavy atom. The first-order chi connectivity index (χ1) is 18.5. The molecule has 0 saturated heterocycles. The summed E-state index contributed by atoms with van der Waals surface area (Å²) >= 11 is 0. The van der Waals surface area contributed by atoms with Gasteiger partial charge in [0.1, 0.15) is 0 Å². The fraction of sp³-hybridized carbons (Fsp3) is 0.324. The summed E-state index contributed by atoms with van der Waals surface area (Å²) in [5, 5.41) is 0. The number of benzene rings is 2. The maximum atomic E-state index is 11.9. The van der Waals surface area contributed by atoms with E-state index in [1.807, 2.05) is 30.4 Å². The molecule has 0 radical (unpaired) electrons. The fourth-order valence-electron chi connectivity index (χ4n) is 4.30. The van der Waals surface area contributed by atoms with E-state index < -0.39 is 0 Å². The number of Topliss-reactive ketones (excluding diaryl/α,β-unsaturated/α-hetero) is 1. The molecule has 0 unspecified atom stereocenters. The zero-order chi connectivity index (χ0) is 28.8. The largest absolute Gasteiger partial charge is 0.294 e. The van der Waals surface area contributed by atoms with Crippen molar-refractivity contribution < 1.29 is 4.79 Å². The second-order valence-corrected chi connectivity index (χ2v) is 9.00. The van der Waals surface area contributed by atoms with Crippen molar-refractivity contribution in [2.75, 3.05) is 0 Å². The van der Waals surface area contributed by atoms with E-state index in [-0.39, 0.29) is 0 Å². The van der Waals surface area contributed by atoms with E-state index in [9.17, 15) is 4.79 Å². The number of unbranched alkanes of at least 4 members (excludes halogenated alkanes) is 3. The minimum absolute atomic E-state index is 0.304. The van der Waals surface area contributed by atoms with Gasteiger partial charge < -0.3 is 0 Å². The van der Waals surface area contributed by atoms with Crippen LogP contribution in [0.15, 0.2) is 106 Å². The third kappa shape index (κ3) is 11.3. The summed E-state index contributed by atoms with van der Waals surface area (Å²) in [6.45, 7) is 26.9. The summed E-state index contributed by atoms with van der Waals surface area (Å²) in [7, 11) is 0. The molecule has 0 amide bonds.